The number of carbonyl (C=O) groups excluding carboxylic acids is 1. The van der Waals surface area contributed by atoms with Crippen LogP contribution in [-0.2, 0) is 25.8 Å². The van der Waals surface area contributed by atoms with Gasteiger partial charge in [0.25, 0.3) is 0 Å². The Hall–Kier alpha value is -1.44. The molecule has 1 aromatic rings. The van der Waals surface area contributed by atoms with Crippen LogP contribution in [0.25, 0.3) is 0 Å². The predicted octanol–water partition coefficient (Wildman–Crippen LogP) is 4.09. The highest BCUT2D eigenvalue weighted by molar-refractivity contribution is 7.80. The van der Waals surface area contributed by atoms with E-state index in [-0.39, 0.29) is 0 Å². The number of benzene rings is 1. The van der Waals surface area contributed by atoms with Gasteiger partial charge in [-0.05, 0) is 24.5 Å². The number of rotatable bonds is 13. The van der Waals surface area contributed by atoms with Crippen LogP contribution in [0.2, 0.25) is 0 Å². The van der Waals surface area contributed by atoms with E-state index in [1.807, 2.05) is 12.1 Å². The van der Waals surface area contributed by atoms with Gasteiger partial charge in [-0.1, -0.05) is 70.1 Å². The Balaban J connectivity index is 2.34. The molecular formula is C18H28O6S. The molecule has 142 valence electrons. The summed E-state index contributed by atoms with van der Waals surface area (Å²) in [5.41, 5.74) is 0.897. The summed E-state index contributed by atoms with van der Waals surface area (Å²) < 4.78 is 38.5. The van der Waals surface area contributed by atoms with E-state index in [1.54, 1.807) is 12.1 Å². The number of hydrogen-bond acceptors (Lipinski definition) is 5. The standard InChI is InChI=1S/C18H28O6S/c1-2-3-4-5-6-7-8-9-12-16-13-10-11-14-17(16)24-18(19)15-23-25(20,21)22/h10-11,13-14H,2-9,12,15H2,1H3,(H,20,21,22). The van der Waals surface area contributed by atoms with Crippen molar-refractivity contribution in [2.45, 2.75) is 64.7 Å². The average molecular weight is 372 g/mol. The highest BCUT2D eigenvalue weighted by Crippen LogP contribution is 2.21. The molecule has 1 rings (SSSR count). The maximum Gasteiger partial charge on any atom is 0.397 e. The largest absolute Gasteiger partial charge is 0.424 e. The van der Waals surface area contributed by atoms with Crippen LogP contribution in [0.5, 0.6) is 5.75 Å². The first-order chi connectivity index (χ1) is 11.9. The number of carbonyl (C=O) groups is 1. The zero-order valence-electron chi connectivity index (χ0n) is 14.8. The molecule has 0 aliphatic carbocycles. The summed E-state index contributed by atoms with van der Waals surface area (Å²) in [5.74, 6) is -0.476. The molecule has 1 aromatic carbocycles. The van der Waals surface area contributed by atoms with Crippen molar-refractivity contribution in [1.29, 1.82) is 0 Å². The third-order valence-electron chi connectivity index (χ3n) is 3.82. The summed E-state index contributed by atoms with van der Waals surface area (Å²) in [6.07, 6.45) is 10.5. The fraction of sp³-hybridized carbons (Fsp3) is 0.611. The third-order valence-corrected chi connectivity index (χ3v) is 4.24. The molecule has 0 amide bonds. The lowest BCUT2D eigenvalue weighted by molar-refractivity contribution is -0.136. The summed E-state index contributed by atoms with van der Waals surface area (Å²) in [7, 11) is -4.65. The molecule has 0 saturated carbocycles. The van der Waals surface area contributed by atoms with Gasteiger partial charge in [-0.3, -0.25) is 4.55 Å². The molecule has 1 N–H and O–H groups in total. The Morgan fingerprint density at radius 2 is 1.60 bits per heavy atom. The number of para-hydroxylation sites is 1. The van der Waals surface area contributed by atoms with Crippen molar-refractivity contribution in [1.82, 2.24) is 0 Å². The van der Waals surface area contributed by atoms with E-state index in [2.05, 4.69) is 11.1 Å². The lowest BCUT2D eigenvalue weighted by atomic mass is 10.0. The summed E-state index contributed by atoms with van der Waals surface area (Å²) >= 11 is 0. The van der Waals surface area contributed by atoms with Crippen LogP contribution in [0.1, 0.15) is 63.9 Å². The fourth-order valence-electron chi connectivity index (χ4n) is 2.53. The van der Waals surface area contributed by atoms with Crippen LogP contribution >= 0.6 is 0 Å². The van der Waals surface area contributed by atoms with Gasteiger partial charge in [0.1, 0.15) is 5.75 Å². The average Bonchev–Trinajstić information content (AvgIpc) is 2.56. The number of unbranched alkanes of at least 4 members (excludes halogenated alkanes) is 7. The van der Waals surface area contributed by atoms with Gasteiger partial charge < -0.3 is 4.74 Å². The molecule has 0 bridgehead atoms. The van der Waals surface area contributed by atoms with Crippen LogP contribution in [-0.4, -0.2) is 25.5 Å². The van der Waals surface area contributed by atoms with Crippen molar-refractivity contribution in [2.24, 2.45) is 0 Å². The van der Waals surface area contributed by atoms with Gasteiger partial charge in [-0.15, -0.1) is 0 Å². The SMILES string of the molecule is CCCCCCCCCCc1ccccc1OC(=O)COS(=O)(=O)O. The van der Waals surface area contributed by atoms with Crippen LogP contribution < -0.4 is 4.74 Å². The van der Waals surface area contributed by atoms with E-state index in [9.17, 15) is 13.2 Å². The van der Waals surface area contributed by atoms with Crippen molar-refractivity contribution in [2.75, 3.05) is 6.61 Å². The van der Waals surface area contributed by atoms with Crippen molar-refractivity contribution in [3.8, 4) is 5.75 Å². The van der Waals surface area contributed by atoms with E-state index in [1.165, 1.54) is 38.5 Å². The Labute approximate surface area is 150 Å². The topological polar surface area (TPSA) is 89.9 Å². The van der Waals surface area contributed by atoms with Crippen molar-refractivity contribution < 1.29 is 26.7 Å². The minimum Gasteiger partial charge on any atom is -0.424 e. The van der Waals surface area contributed by atoms with Crippen LogP contribution in [0.15, 0.2) is 24.3 Å². The van der Waals surface area contributed by atoms with Gasteiger partial charge in [0.2, 0.25) is 0 Å². The van der Waals surface area contributed by atoms with E-state index in [0.717, 1.165) is 24.8 Å². The monoisotopic (exact) mass is 372 g/mol. The van der Waals surface area contributed by atoms with Gasteiger partial charge in [0.15, 0.2) is 6.61 Å². The van der Waals surface area contributed by atoms with E-state index in [4.69, 9.17) is 9.29 Å². The minimum atomic E-state index is -4.65. The zero-order valence-corrected chi connectivity index (χ0v) is 15.6. The fourth-order valence-corrected chi connectivity index (χ4v) is 2.78. The van der Waals surface area contributed by atoms with Crippen molar-refractivity contribution in [3.63, 3.8) is 0 Å². The van der Waals surface area contributed by atoms with Gasteiger partial charge in [-0.2, -0.15) is 8.42 Å². The van der Waals surface area contributed by atoms with Crippen LogP contribution in [0.3, 0.4) is 0 Å². The molecule has 0 aliphatic heterocycles. The summed E-state index contributed by atoms with van der Waals surface area (Å²) in [6, 6.07) is 7.15. The van der Waals surface area contributed by atoms with Crippen molar-refractivity contribution >= 4 is 16.4 Å². The summed E-state index contributed by atoms with van der Waals surface area (Å²) in [4.78, 5) is 11.6. The first kappa shape index (κ1) is 21.6. The Kier molecular flexibility index (Phi) is 10.4. The first-order valence-corrected chi connectivity index (χ1v) is 10.2. The van der Waals surface area contributed by atoms with Crippen LogP contribution in [0, 0.1) is 0 Å². The van der Waals surface area contributed by atoms with Gasteiger partial charge in [0.05, 0.1) is 0 Å². The zero-order chi connectivity index (χ0) is 18.5. The Bertz CT molecular complexity index is 612. The maximum absolute atomic E-state index is 11.6. The lowest BCUT2D eigenvalue weighted by Crippen LogP contribution is -2.19. The molecule has 0 aliphatic rings. The van der Waals surface area contributed by atoms with Crippen LogP contribution in [0.4, 0.5) is 0 Å². The molecule has 0 radical (unpaired) electrons. The molecular weight excluding hydrogens is 344 g/mol. The number of hydrogen-bond donors (Lipinski definition) is 1. The Morgan fingerprint density at radius 3 is 2.24 bits per heavy atom. The quantitative estimate of drug-likeness (QED) is 0.243. The van der Waals surface area contributed by atoms with Gasteiger partial charge >= 0.3 is 16.4 Å². The van der Waals surface area contributed by atoms with E-state index < -0.39 is 23.0 Å². The van der Waals surface area contributed by atoms with Crippen molar-refractivity contribution in [3.05, 3.63) is 29.8 Å². The third kappa shape index (κ3) is 10.9. The number of aryl methyl sites for hydroxylation is 1. The molecule has 0 spiro atoms. The molecule has 0 unspecified atom stereocenters. The molecule has 6 nitrogen and oxygen atoms in total. The summed E-state index contributed by atoms with van der Waals surface area (Å²) in [6.45, 7) is 1.35. The highest BCUT2D eigenvalue weighted by atomic mass is 32.3. The molecule has 0 saturated heterocycles. The first-order valence-electron chi connectivity index (χ1n) is 8.83. The van der Waals surface area contributed by atoms with Gasteiger partial charge in [-0.25, -0.2) is 8.98 Å². The second-order valence-corrected chi connectivity index (χ2v) is 7.09. The van der Waals surface area contributed by atoms with Gasteiger partial charge in [0, 0.05) is 0 Å². The molecule has 0 atom stereocenters. The maximum atomic E-state index is 11.6. The Morgan fingerprint density at radius 1 is 1.00 bits per heavy atom. The predicted molar refractivity (Wildman–Crippen MR) is 95.9 cm³/mol. The second-order valence-electron chi connectivity index (χ2n) is 6.00. The molecule has 7 heteroatoms. The van der Waals surface area contributed by atoms with E-state index >= 15 is 0 Å². The smallest absolute Gasteiger partial charge is 0.397 e. The molecule has 0 aromatic heterocycles. The highest BCUT2D eigenvalue weighted by Gasteiger charge is 2.13. The van der Waals surface area contributed by atoms with E-state index in [0.29, 0.717) is 5.75 Å². The summed E-state index contributed by atoms with van der Waals surface area (Å²) in [5, 5.41) is 0. The lowest BCUT2D eigenvalue weighted by Gasteiger charge is -2.10. The molecule has 0 fully saturated rings. The minimum absolute atomic E-state index is 0.398. The second kappa shape index (κ2) is 12.0. The number of ether oxygens (including phenoxy) is 1. The molecule has 25 heavy (non-hydrogen) atoms. The normalized spacial score (nSPS) is 11.4. The molecule has 0 heterocycles. The number of esters is 1.